The van der Waals surface area contributed by atoms with Gasteiger partial charge in [-0.15, -0.1) is 0 Å². The van der Waals surface area contributed by atoms with Gasteiger partial charge in [-0.3, -0.25) is 14.5 Å². The number of anilines is 2. The Morgan fingerprint density at radius 1 is 1.11 bits per heavy atom. The molecule has 0 fully saturated rings. The third-order valence-corrected chi connectivity index (χ3v) is 7.81. The zero-order valence-corrected chi connectivity index (χ0v) is 25.1. The molecule has 44 heavy (non-hydrogen) atoms. The van der Waals surface area contributed by atoms with Crippen LogP contribution in [0.1, 0.15) is 60.2 Å². The van der Waals surface area contributed by atoms with Crippen LogP contribution in [-0.4, -0.2) is 48.6 Å². The number of ether oxygens (including phenoxy) is 1. The first-order chi connectivity index (χ1) is 22.0. The summed E-state index contributed by atoms with van der Waals surface area (Å²) < 4.78 is 61.9. The number of hydrogen-bond donors (Lipinski definition) is 0. The van der Waals surface area contributed by atoms with E-state index < -0.39 is 30.5 Å². The number of benzene rings is 2. The van der Waals surface area contributed by atoms with Crippen molar-refractivity contribution in [2.24, 2.45) is 6.98 Å². The monoisotopic (exact) mass is 604 g/mol. The molecule has 0 radical (unpaired) electrons. The Morgan fingerprint density at radius 3 is 2.48 bits per heavy atom. The van der Waals surface area contributed by atoms with Crippen LogP contribution >= 0.6 is 0 Å². The van der Waals surface area contributed by atoms with Gasteiger partial charge in [0.1, 0.15) is 17.2 Å². The smallest absolute Gasteiger partial charge is 0.410 e. The van der Waals surface area contributed by atoms with E-state index in [1.165, 1.54) is 28.1 Å². The van der Waals surface area contributed by atoms with Crippen LogP contribution in [-0.2, 0) is 22.9 Å². The summed E-state index contributed by atoms with van der Waals surface area (Å²) in [5.41, 5.74) is 1.86. The summed E-state index contributed by atoms with van der Waals surface area (Å²) in [6.45, 7) is 8.17. The van der Waals surface area contributed by atoms with Crippen molar-refractivity contribution in [3.8, 4) is 5.69 Å². The Bertz CT molecular complexity index is 2000. The fourth-order valence-corrected chi connectivity index (χ4v) is 5.78. The van der Waals surface area contributed by atoms with Crippen molar-refractivity contribution >= 4 is 34.4 Å². The number of aryl methyl sites for hydroxylation is 3. The largest absolute Gasteiger partial charge is 0.444 e. The maximum Gasteiger partial charge on any atom is 0.410 e. The van der Waals surface area contributed by atoms with Crippen molar-refractivity contribution in [2.75, 3.05) is 16.3 Å². The molecule has 2 aromatic heterocycles. The van der Waals surface area contributed by atoms with Crippen LogP contribution < -0.4 is 9.80 Å². The molecule has 4 aromatic rings. The molecular weight excluding hydrogens is 568 g/mol. The van der Waals surface area contributed by atoms with E-state index in [4.69, 9.17) is 13.9 Å². The highest BCUT2D eigenvalue weighted by molar-refractivity contribution is 5.87. The lowest BCUT2D eigenvalue weighted by Gasteiger charge is -2.35. The predicted octanol–water partition coefficient (Wildman–Crippen LogP) is 5.98. The average molecular weight is 605 g/mol. The number of amides is 1. The number of aromatic nitrogens is 4. The second kappa shape index (κ2) is 10.3. The van der Waals surface area contributed by atoms with Crippen molar-refractivity contribution in [1.29, 1.82) is 0 Å². The Labute approximate surface area is 257 Å². The van der Waals surface area contributed by atoms with Crippen molar-refractivity contribution in [3.05, 3.63) is 82.7 Å². The van der Waals surface area contributed by atoms with E-state index in [2.05, 4.69) is 5.10 Å². The van der Waals surface area contributed by atoms with Crippen LogP contribution in [0.15, 0.2) is 48.7 Å². The number of hydrogen-bond acceptors (Lipinski definition) is 7. The summed E-state index contributed by atoms with van der Waals surface area (Å²) in [5.74, 6) is 1.04. The van der Waals surface area contributed by atoms with Gasteiger partial charge in [0.2, 0.25) is 5.82 Å². The SMILES string of the molecule is [2H]C([2H])([2H])n1ncc2c(F)c(N3C=CN(c4c5c(nn4-c4cc(C)c(F)c(C)c4)CCN(C(=O)OC(C)(C)C)[C@H]5C)C3=C=O)ccc21. The van der Waals surface area contributed by atoms with Gasteiger partial charge in [0.25, 0.3) is 0 Å². The highest BCUT2D eigenvalue weighted by atomic mass is 19.1. The summed E-state index contributed by atoms with van der Waals surface area (Å²) in [7, 11) is 0. The molecule has 10 nitrogen and oxygen atoms in total. The van der Waals surface area contributed by atoms with Crippen LogP contribution in [0.2, 0.25) is 0 Å². The minimum atomic E-state index is -2.62. The lowest BCUT2D eigenvalue weighted by Crippen LogP contribution is -2.42. The number of nitrogens with zero attached hydrogens (tertiary/aromatic N) is 7. The van der Waals surface area contributed by atoms with Gasteiger partial charge in [-0.1, -0.05) is 0 Å². The van der Waals surface area contributed by atoms with Crippen molar-refractivity contribution in [1.82, 2.24) is 24.5 Å². The van der Waals surface area contributed by atoms with Crippen molar-refractivity contribution in [2.45, 2.75) is 59.6 Å². The van der Waals surface area contributed by atoms with E-state index in [0.29, 0.717) is 46.9 Å². The Hall–Kier alpha value is -4.96. The van der Waals surface area contributed by atoms with Gasteiger partial charge in [0.15, 0.2) is 11.8 Å². The van der Waals surface area contributed by atoms with Gasteiger partial charge in [-0.05, 0) is 76.9 Å². The first-order valence-electron chi connectivity index (χ1n) is 15.6. The molecule has 0 N–H and O–H groups in total. The van der Waals surface area contributed by atoms with Gasteiger partial charge in [0, 0.05) is 42.0 Å². The molecule has 0 unspecified atom stereocenters. The standard InChI is InChI=1S/C32H33F2N7O3/c1-18-14-21(15-19(2)28(18)33)41-30(27-20(3)38(11-10-23(27)36-41)31(43)44-32(4,5)6)40-13-12-39(26(40)17-42)25-9-8-24-22(29(25)34)16-35-37(24)7/h8-9,12-16,20H,10-11H2,1-7H3/t20-/m0/s1/i7D3. The predicted molar refractivity (Wildman–Crippen MR) is 162 cm³/mol. The molecule has 4 heterocycles. The van der Waals surface area contributed by atoms with Crippen LogP contribution in [0.4, 0.5) is 25.1 Å². The highest BCUT2D eigenvalue weighted by Gasteiger charge is 2.40. The van der Waals surface area contributed by atoms with E-state index in [1.54, 1.807) is 62.5 Å². The zero-order chi connectivity index (χ0) is 34.2. The molecule has 0 saturated heterocycles. The molecule has 2 aromatic carbocycles. The first kappa shape index (κ1) is 25.5. The number of rotatable bonds is 3. The molecule has 0 spiro atoms. The molecule has 6 rings (SSSR count). The van der Waals surface area contributed by atoms with Crippen molar-refractivity contribution in [3.63, 3.8) is 0 Å². The molecular formula is C32H33F2N7O3. The lowest BCUT2D eigenvalue weighted by atomic mass is 9.99. The van der Waals surface area contributed by atoms with Gasteiger partial charge in [-0.2, -0.15) is 10.2 Å². The second-order valence-corrected chi connectivity index (χ2v) is 11.9. The molecule has 1 amide bonds. The maximum atomic E-state index is 16.0. The quantitative estimate of drug-likeness (QED) is 0.266. The fraction of sp³-hybridized carbons (Fsp3) is 0.344. The maximum absolute atomic E-state index is 16.0. The molecule has 228 valence electrons. The summed E-state index contributed by atoms with van der Waals surface area (Å²) in [6.07, 6.45) is 4.01. The summed E-state index contributed by atoms with van der Waals surface area (Å²) in [5, 5.41) is 8.70. The zero-order valence-electron chi connectivity index (χ0n) is 28.1. The fourth-order valence-electron chi connectivity index (χ4n) is 5.78. The van der Waals surface area contributed by atoms with Gasteiger partial charge >= 0.3 is 6.09 Å². The summed E-state index contributed by atoms with van der Waals surface area (Å²) in [4.78, 5) is 30.4. The minimum absolute atomic E-state index is 0.0444. The van der Waals surface area contributed by atoms with Crippen LogP contribution in [0.5, 0.6) is 0 Å². The number of carbonyl (C=O) groups is 1. The summed E-state index contributed by atoms with van der Waals surface area (Å²) in [6, 6.07) is 5.49. The van der Waals surface area contributed by atoms with Crippen LogP contribution in [0, 0.1) is 25.5 Å². The van der Waals surface area contributed by atoms with Crippen LogP contribution in [0.25, 0.3) is 16.6 Å². The highest BCUT2D eigenvalue weighted by Crippen LogP contribution is 2.43. The molecule has 2 aliphatic rings. The number of fused-ring (bicyclic) bond motifs is 2. The molecule has 0 bridgehead atoms. The molecule has 12 heteroatoms. The third-order valence-electron chi connectivity index (χ3n) is 7.81. The first-order valence-corrected chi connectivity index (χ1v) is 14.1. The molecule has 1 atom stereocenters. The third kappa shape index (κ3) is 4.62. The normalized spacial score (nSPS) is 17.9. The molecule has 0 saturated carbocycles. The minimum Gasteiger partial charge on any atom is -0.444 e. The number of carbonyl (C=O) groups excluding carboxylic acids is 2. The Balaban J connectivity index is 1.49. The van der Waals surface area contributed by atoms with Crippen molar-refractivity contribution < 1.29 is 27.2 Å². The average Bonchev–Trinajstić information content (AvgIpc) is 3.70. The lowest BCUT2D eigenvalue weighted by molar-refractivity contribution is 0.0160. The van der Waals surface area contributed by atoms with E-state index in [1.807, 2.05) is 12.9 Å². The molecule has 0 aliphatic carbocycles. The number of halogens is 2. The second-order valence-electron chi connectivity index (χ2n) is 11.9. The topological polar surface area (TPSA) is 88.7 Å². The Morgan fingerprint density at radius 2 is 1.82 bits per heavy atom. The summed E-state index contributed by atoms with van der Waals surface area (Å²) >= 11 is 0. The van der Waals surface area contributed by atoms with Gasteiger partial charge in [0.05, 0.1) is 40.2 Å². The van der Waals surface area contributed by atoms with E-state index >= 15 is 4.39 Å². The van der Waals surface area contributed by atoms with Gasteiger partial charge < -0.3 is 9.64 Å². The Kier molecular flexibility index (Phi) is 6.00. The molecule has 2 aliphatic heterocycles. The van der Waals surface area contributed by atoms with Crippen LogP contribution in [0.3, 0.4) is 0 Å². The van der Waals surface area contributed by atoms with Gasteiger partial charge in [-0.25, -0.2) is 23.1 Å². The van der Waals surface area contributed by atoms with E-state index in [9.17, 15) is 14.0 Å². The van der Waals surface area contributed by atoms with E-state index in [0.717, 1.165) is 10.9 Å². The van der Waals surface area contributed by atoms with E-state index in [-0.39, 0.29) is 28.2 Å².